The fourth-order valence-corrected chi connectivity index (χ4v) is 3.40. The van der Waals surface area contributed by atoms with Gasteiger partial charge in [-0.3, -0.25) is 14.3 Å². The maximum atomic E-state index is 13.1. The number of hydrogen-bond acceptors (Lipinski definition) is 6. The monoisotopic (exact) mass is 353 g/mol. The predicted molar refractivity (Wildman–Crippen MR) is 96.0 cm³/mol. The largest absolute Gasteiger partial charge is 0.419 e. The van der Waals surface area contributed by atoms with Crippen LogP contribution in [0.1, 0.15) is 34.9 Å². The molecule has 1 saturated heterocycles. The molecule has 0 spiro atoms. The first kappa shape index (κ1) is 16.3. The van der Waals surface area contributed by atoms with Crippen molar-refractivity contribution < 1.29 is 9.21 Å². The molecule has 26 heavy (non-hydrogen) atoms. The summed E-state index contributed by atoms with van der Waals surface area (Å²) in [5.74, 6) is 0.152. The van der Waals surface area contributed by atoms with E-state index in [1.165, 1.54) is 4.57 Å². The maximum absolute atomic E-state index is 13.1. The van der Waals surface area contributed by atoms with Gasteiger partial charge in [-0.25, -0.2) is 9.78 Å². The van der Waals surface area contributed by atoms with Crippen molar-refractivity contribution in [1.82, 2.24) is 19.4 Å². The number of carbonyl (C=O) groups is 1. The SMILES string of the molecule is CNc1cncc([C@H]2CCCN2C(=O)c2ccc3oc(=O)n(C)c3c2)n1. The number of carbonyl (C=O) groups excluding carboxylic acids is 1. The molecule has 2 aromatic heterocycles. The van der Waals surface area contributed by atoms with Crippen molar-refractivity contribution >= 4 is 22.8 Å². The lowest BCUT2D eigenvalue weighted by molar-refractivity contribution is 0.0733. The number of amides is 1. The number of aromatic nitrogens is 3. The molecule has 1 N–H and O–H groups in total. The fraction of sp³-hybridized carbons (Fsp3) is 0.333. The first-order valence-corrected chi connectivity index (χ1v) is 8.48. The third-order valence-corrected chi connectivity index (χ3v) is 4.80. The molecular weight excluding hydrogens is 334 g/mol. The second-order valence-electron chi connectivity index (χ2n) is 6.35. The number of hydrogen-bond donors (Lipinski definition) is 1. The Kier molecular flexibility index (Phi) is 3.95. The Morgan fingerprint density at radius 3 is 3.00 bits per heavy atom. The van der Waals surface area contributed by atoms with Gasteiger partial charge in [0.25, 0.3) is 5.91 Å². The number of likely N-dealkylation sites (tertiary alicyclic amines) is 1. The van der Waals surface area contributed by atoms with E-state index >= 15 is 0 Å². The summed E-state index contributed by atoms with van der Waals surface area (Å²) in [6.07, 6.45) is 5.12. The minimum absolute atomic E-state index is 0.0836. The van der Waals surface area contributed by atoms with Crippen LogP contribution < -0.4 is 11.1 Å². The molecule has 1 aliphatic rings. The smallest absolute Gasteiger partial charge is 0.408 e. The summed E-state index contributed by atoms with van der Waals surface area (Å²) in [5.41, 5.74) is 2.38. The second-order valence-corrected chi connectivity index (χ2v) is 6.35. The number of fused-ring (bicyclic) bond motifs is 1. The minimum Gasteiger partial charge on any atom is -0.408 e. The average molecular weight is 353 g/mol. The van der Waals surface area contributed by atoms with Gasteiger partial charge in [0.1, 0.15) is 5.82 Å². The molecule has 4 rings (SSSR count). The predicted octanol–water partition coefficient (Wildman–Crippen LogP) is 1.94. The maximum Gasteiger partial charge on any atom is 0.419 e. The van der Waals surface area contributed by atoms with Crippen LogP contribution in [0.3, 0.4) is 0 Å². The molecule has 0 bridgehead atoms. The number of rotatable bonds is 3. The van der Waals surface area contributed by atoms with Gasteiger partial charge in [0.15, 0.2) is 5.58 Å². The number of benzene rings is 1. The highest BCUT2D eigenvalue weighted by Gasteiger charge is 2.32. The zero-order chi connectivity index (χ0) is 18.3. The molecule has 0 saturated carbocycles. The van der Waals surface area contributed by atoms with Gasteiger partial charge >= 0.3 is 5.76 Å². The van der Waals surface area contributed by atoms with Crippen LogP contribution >= 0.6 is 0 Å². The van der Waals surface area contributed by atoms with Crippen LogP contribution in [-0.2, 0) is 7.05 Å². The molecule has 3 heterocycles. The Balaban J connectivity index is 1.68. The van der Waals surface area contributed by atoms with Crippen molar-refractivity contribution in [2.45, 2.75) is 18.9 Å². The molecule has 1 aliphatic heterocycles. The van der Waals surface area contributed by atoms with E-state index in [0.29, 0.717) is 29.0 Å². The summed E-state index contributed by atoms with van der Waals surface area (Å²) in [6.45, 7) is 0.664. The Labute approximate surface area is 149 Å². The number of nitrogens with zero attached hydrogens (tertiary/aromatic N) is 4. The highest BCUT2D eigenvalue weighted by molar-refractivity contribution is 5.97. The van der Waals surface area contributed by atoms with Gasteiger partial charge in [0.05, 0.1) is 29.6 Å². The molecular formula is C18H19N5O3. The van der Waals surface area contributed by atoms with Gasteiger partial charge in [-0.2, -0.15) is 0 Å². The lowest BCUT2D eigenvalue weighted by atomic mass is 10.1. The molecule has 134 valence electrons. The molecule has 1 aromatic carbocycles. The van der Waals surface area contributed by atoms with E-state index < -0.39 is 5.76 Å². The molecule has 3 aromatic rings. The normalized spacial score (nSPS) is 17.0. The topological polar surface area (TPSA) is 93.3 Å². The third kappa shape index (κ3) is 2.63. The van der Waals surface area contributed by atoms with Crippen LogP contribution in [0.5, 0.6) is 0 Å². The Bertz CT molecular complexity index is 1040. The van der Waals surface area contributed by atoms with Crippen molar-refractivity contribution in [1.29, 1.82) is 0 Å². The molecule has 8 nitrogen and oxygen atoms in total. The van der Waals surface area contributed by atoms with E-state index in [-0.39, 0.29) is 11.9 Å². The highest BCUT2D eigenvalue weighted by atomic mass is 16.4. The van der Waals surface area contributed by atoms with Crippen LogP contribution in [0.15, 0.2) is 39.8 Å². The van der Waals surface area contributed by atoms with Gasteiger partial charge in [0, 0.05) is 26.2 Å². The minimum atomic E-state index is -0.442. The van der Waals surface area contributed by atoms with E-state index in [4.69, 9.17) is 4.42 Å². The summed E-state index contributed by atoms with van der Waals surface area (Å²) in [6, 6.07) is 4.95. The summed E-state index contributed by atoms with van der Waals surface area (Å²) in [7, 11) is 3.41. The number of anilines is 1. The molecule has 0 unspecified atom stereocenters. The summed E-state index contributed by atoms with van der Waals surface area (Å²) < 4.78 is 6.53. The van der Waals surface area contributed by atoms with Gasteiger partial charge in [-0.1, -0.05) is 0 Å². The Hall–Kier alpha value is -3.16. The highest BCUT2D eigenvalue weighted by Crippen LogP contribution is 2.32. The van der Waals surface area contributed by atoms with Gasteiger partial charge in [0.2, 0.25) is 0 Å². The number of oxazole rings is 1. The first-order valence-electron chi connectivity index (χ1n) is 8.48. The second kappa shape index (κ2) is 6.29. The van der Waals surface area contributed by atoms with Crippen molar-refractivity contribution in [2.24, 2.45) is 7.05 Å². The summed E-state index contributed by atoms with van der Waals surface area (Å²) in [4.78, 5) is 35.3. The quantitative estimate of drug-likeness (QED) is 0.773. The van der Waals surface area contributed by atoms with Crippen LogP contribution in [0.4, 0.5) is 5.82 Å². The van der Waals surface area contributed by atoms with Crippen LogP contribution in [0, 0.1) is 0 Å². The van der Waals surface area contributed by atoms with Crippen LogP contribution in [0.2, 0.25) is 0 Å². The molecule has 1 amide bonds. The van der Waals surface area contributed by atoms with Crippen LogP contribution in [0.25, 0.3) is 11.1 Å². The summed E-state index contributed by atoms with van der Waals surface area (Å²) >= 11 is 0. The molecule has 8 heteroatoms. The molecule has 1 fully saturated rings. The van der Waals surface area contributed by atoms with E-state index in [0.717, 1.165) is 18.5 Å². The van der Waals surface area contributed by atoms with E-state index in [1.54, 1.807) is 44.7 Å². The standard InChI is InChI=1S/C18H19N5O3/c1-19-16-10-20-9-12(21-16)13-4-3-7-23(13)17(24)11-5-6-15-14(8-11)22(2)18(25)26-15/h5-6,8-10,13H,3-4,7H2,1-2H3,(H,19,21)/t13-/m1/s1. The first-order chi connectivity index (χ1) is 12.6. The van der Waals surface area contributed by atoms with Gasteiger partial charge in [-0.05, 0) is 31.0 Å². The fourth-order valence-electron chi connectivity index (χ4n) is 3.40. The van der Waals surface area contributed by atoms with E-state index in [2.05, 4.69) is 15.3 Å². The number of nitrogens with one attached hydrogen (secondary N) is 1. The summed E-state index contributed by atoms with van der Waals surface area (Å²) in [5, 5.41) is 2.98. The van der Waals surface area contributed by atoms with E-state index in [9.17, 15) is 9.59 Å². The number of aryl methyl sites for hydroxylation is 1. The third-order valence-electron chi connectivity index (χ3n) is 4.80. The van der Waals surface area contributed by atoms with Crippen molar-refractivity contribution in [2.75, 3.05) is 18.9 Å². The van der Waals surface area contributed by atoms with Crippen LogP contribution in [-0.4, -0.2) is 38.9 Å². The van der Waals surface area contributed by atoms with Crippen molar-refractivity contribution in [3.63, 3.8) is 0 Å². The lowest BCUT2D eigenvalue weighted by Crippen LogP contribution is -2.31. The molecule has 0 radical (unpaired) electrons. The average Bonchev–Trinajstić information content (AvgIpc) is 3.26. The van der Waals surface area contributed by atoms with Gasteiger partial charge in [-0.15, -0.1) is 0 Å². The van der Waals surface area contributed by atoms with Crippen molar-refractivity contribution in [3.8, 4) is 0 Å². The molecule has 0 aliphatic carbocycles. The zero-order valence-corrected chi connectivity index (χ0v) is 14.6. The van der Waals surface area contributed by atoms with Crippen molar-refractivity contribution in [3.05, 3.63) is 52.4 Å². The zero-order valence-electron chi connectivity index (χ0n) is 14.6. The van der Waals surface area contributed by atoms with Gasteiger partial charge < -0.3 is 14.6 Å². The Morgan fingerprint density at radius 1 is 1.35 bits per heavy atom. The molecule has 1 atom stereocenters. The van der Waals surface area contributed by atoms with E-state index in [1.807, 2.05) is 4.90 Å². The Morgan fingerprint density at radius 2 is 2.19 bits per heavy atom. The lowest BCUT2D eigenvalue weighted by Gasteiger charge is -2.24.